The molecule has 0 atom stereocenters. The van der Waals surface area contributed by atoms with E-state index >= 15 is 0 Å². The Hall–Kier alpha value is -3.74. The number of aromatic nitrogens is 2. The molecule has 2 aliphatic heterocycles. The summed E-state index contributed by atoms with van der Waals surface area (Å²) in [5, 5.41) is 7.20. The second-order valence-corrected chi connectivity index (χ2v) is 6.04. The minimum atomic E-state index is -0.132. The van der Waals surface area contributed by atoms with Crippen LogP contribution in [0.1, 0.15) is 16.1 Å². The van der Waals surface area contributed by atoms with Crippen LogP contribution in [-0.4, -0.2) is 29.6 Å². The average molecular weight is 362 g/mol. The maximum absolute atomic E-state index is 12.4. The molecule has 0 fully saturated rings. The third-order valence-corrected chi connectivity index (χ3v) is 4.34. The SMILES string of the molecule is O=C(C=Cc1cc(-c2ccc3c(c2)OCO3)n[nH]1)c1ccc2c(c1)OCO2. The molecule has 0 aliphatic carbocycles. The van der Waals surface area contributed by atoms with Gasteiger partial charge >= 0.3 is 0 Å². The highest BCUT2D eigenvalue weighted by molar-refractivity contribution is 6.07. The third kappa shape index (κ3) is 2.89. The topological polar surface area (TPSA) is 82.7 Å². The van der Waals surface area contributed by atoms with E-state index in [0.717, 1.165) is 22.7 Å². The van der Waals surface area contributed by atoms with Crippen molar-refractivity contribution < 1.29 is 23.7 Å². The number of rotatable bonds is 4. The molecule has 2 aliphatic rings. The highest BCUT2D eigenvalue weighted by atomic mass is 16.7. The van der Waals surface area contributed by atoms with E-state index in [1.54, 1.807) is 24.3 Å². The van der Waals surface area contributed by atoms with E-state index < -0.39 is 0 Å². The second kappa shape index (κ2) is 6.21. The summed E-state index contributed by atoms with van der Waals surface area (Å²) in [4.78, 5) is 12.4. The quantitative estimate of drug-likeness (QED) is 0.566. The van der Waals surface area contributed by atoms with Gasteiger partial charge in [-0.2, -0.15) is 5.10 Å². The number of benzene rings is 2. The van der Waals surface area contributed by atoms with Gasteiger partial charge < -0.3 is 18.9 Å². The van der Waals surface area contributed by atoms with Crippen LogP contribution in [-0.2, 0) is 0 Å². The number of allylic oxidation sites excluding steroid dienone is 1. The fourth-order valence-electron chi connectivity index (χ4n) is 2.94. The maximum atomic E-state index is 12.4. The molecule has 0 radical (unpaired) electrons. The van der Waals surface area contributed by atoms with E-state index in [-0.39, 0.29) is 19.4 Å². The first-order valence-corrected chi connectivity index (χ1v) is 8.34. The molecule has 0 saturated heterocycles. The van der Waals surface area contributed by atoms with Gasteiger partial charge in [0.25, 0.3) is 0 Å². The van der Waals surface area contributed by atoms with Gasteiger partial charge in [0.2, 0.25) is 13.6 Å². The van der Waals surface area contributed by atoms with E-state index in [9.17, 15) is 4.79 Å². The zero-order valence-electron chi connectivity index (χ0n) is 14.1. The van der Waals surface area contributed by atoms with E-state index in [2.05, 4.69) is 10.2 Å². The van der Waals surface area contributed by atoms with Crippen molar-refractivity contribution in [1.29, 1.82) is 0 Å². The van der Waals surface area contributed by atoms with Gasteiger partial charge in [-0.15, -0.1) is 0 Å². The van der Waals surface area contributed by atoms with Crippen LogP contribution in [0.2, 0.25) is 0 Å². The fourth-order valence-corrected chi connectivity index (χ4v) is 2.94. The van der Waals surface area contributed by atoms with Crippen molar-refractivity contribution >= 4 is 11.9 Å². The van der Waals surface area contributed by atoms with Gasteiger partial charge in [0.05, 0.1) is 11.4 Å². The van der Waals surface area contributed by atoms with Crippen LogP contribution in [0.25, 0.3) is 17.3 Å². The van der Waals surface area contributed by atoms with E-state index in [1.807, 2.05) is 24.3 Å². The van der Waals surface area contributed by atoms with Crippen molar-refractivity contribution in [3.8, 4) is 34.3 Å². The van der Waals surface area contributed by atoms with E-state index in [4.69, 9.17) is 18.9 Å². The summed E-state index contributed by atoms with van der Waals surface area (Å²) in [6, 6.07) is 12.6. The molecule has 0 saturated carbocycles. The molecule has 0 amide bonds. The van der Waals surface area contributed by atoms with Gasteiger partial charge in [0.1, 0.15) is 0 Å². The highest BCUT2D eigenvalue weighted by Gasteiger charge is 2.16. The zero-order valence-corrected chi connectivity index (χ0v) is 14.1. The predicted octanol–water partition coefficient (Wildman–Crippen LogP) is 3.43. The first kappa shape index (κ1) is 15.5. The van der Waals surface area contributed by atoms with Crippen LogP contribution in [0.5, 0.6) is 23.0 Å². The number of carbonyl (C=O) groups is 1. The number of nitrogens with zero attached hydrogens (tertiary/aromatic N) is 1. The summed E-state index contributed by atoms with van der Waals surface area (Å²) in [5.74, 6) is 2.53. The summed E-state index contributed by atoms with van der Waals surface area (Å²) in [5.41, 5.74) is 2.91. The van der Waals surface area contributed by atoms with Crippen molar-refractivity contribution in [3.63, 3.8) is 0 Å². The Morgan fingerprint density at radius 3 is 2.41 bits per heavy atom. The highest BCUT2D eigenvalue weighted by Crippen LogP contribution is 2.35. The lowest BCUT2D eigenvalue weighted by molar-refractivity contribution is 0.104. The lowest BCUT2D eigenvalue weighted by atomic mass is 10.1. The van der Waals surface area contributed by atoms with Gasteiger partial charge in [-0.25, -0.2) is 0 Å². The smallest absolute Gasteiger partial charge is 0.231 e. The number of aromatic amines is 1. The van der Waals surface area contributed by atoms with Crippen LogP contribution < -0.4 is 18.9 Å². The van der Waals surface area contributed by atoms with Gasteiger partial charge in [0, 0.05) is 11.1 Å². The lowest BCUT2D eigenvalue weighted by Crippen LogP contribution is -1.94. The number of nitrogens with one attached hydrogen (secondary N) is 1. The standard InChI is InChI=1S/C20H14N2O5/c23-16(13-2-6-18-20(8-13)27-11-25-18)4-3-14-9-15(22-21-14)12-1-5-17-19(7-12)26-10-24-17/h1-9H,10-11H2,(H,21,22). The van der Waals surface area contributed by atoms with Crippen LogP contribution in [0, 0.1) is 0 Å². The Morgan fingerprint density at radius 2 is 1.59 bits per heavy atom. The van der Waals surface area contributed by atoms with Crippen molar-refractivity contribution in [2.45, 2.75) is 0 Å². The number of hydrogen-bond donors (Lipinski definition) is 1. The van der Waals surface area contributed by atoms with Gasteiger partial charge in [0.15, 0.2) is 28.8 Å². The Morgan fingerprint density at radius 1 is 0.889 bits per heavy atom. The summed E-state index contributed by atoms with van der Waals surface area (Å²) in [7, 11) is 0. The number of ketones is 1. The van der Waals surface area contributed by atoms with Crippen LogP contribution in [0.4, 0.5) is 0 Å². The summed E-state index contributed by atoms with van der Waals surface area (Å²) in [6.45, 7) is 0.412. The fraction of sp³-hybridized carbons (Fsp3) is 0.100. The summed E-state index contributed by atoms with van der Waals surface area (Å²) < 4.78 is 21.3. The number of ether oxygens (including phenoxy) is 4. The van der Waals surface area contributed by atoms with Crippen LogP contribution in [0.3, 0.4) is 0 Å². The molecule has 1 aromatic heterocycles. The Labute approximate surface area is 154 Å². The largest absolute Gasteiger partial charge is 0.454 e. The number of carbonyl (C=O) groups excluding carboxylic acids is 1. The summed E-state index contributed by atoms with van der Waals surface area (Å²) in [6.07, 6.45) is 3.19. The minimum absolute atomic E-state index is 0.132. The first-order chi connectivity index (χ1) is 13.3. The molecule has 5 rings (SSSR count). The second-order valence-electron chi connectivity index (χ2n) is 6.04. The molecule has 0 bridgehead atoms. The zero-order chi connectivity index (χ0) is 18.2. The molecule has 3 heterocycles. The predicted molar refractivity (Wildman–Crippen MR) is 96.1 cm³/mol. The molecule has 134 valence electrons. The number of H-pyrrole nitrogens is 1. The number of hydrogen-bond acceptors (Lipinski definition) is 6. The van der Waals surface area contributed by atoms with Crippen molar-refractivity contribution in [1.82, 2.24) is 10.2 Å². The Kier molecular flexibility index (Phi) is 3.57. The molecule has 3 aromatic rings. The van der Waals surface area contributed by atoms with Crippen molar-refractivity contribution in [3.05, 3.63) is 59.8 Å². The lowest BCUT2D eigenvalue weighted by Gasteiger charge is -1.99. The molecule has 0 spiro atoms. The molecule has 7 heteroatoms. The van der Waals surface area contributed by atoms with Gasteiger partial charge in [-0.05, 0) is 54.6 Å². The van der Waals surface area contributed by atoms with E-state index in [0.29, 0.717) is 22.8 Å². The van der Waals surface area contributed by atoms with Crippen molar-refractivity contribution in [2.24, 2.45) is 0 Å². The monoisotopic (exact) mass is 362 g/mol. The van der Waals surface area contributed by atoms with E-state index in [1.165, 1.54) is 6.08 Å². The van der Waals surface area contributed by atoms with Crippen LogP contribution >= 0.6 is 0 Å². The van der Waals surface area contributed by atoms with Gasteiger partial charge in [-0.1, -0.05) is 0 Å². The molecular weight excluding hydrogens is 348 g/mol. The average Bonchev–Trinajstić information content (AvgIpc) is 3.44. The third-order valence-electron chi connectivity index (χ3n) is 4.34. The molecule has 0 unspecified atom stereocenters. The number of fused-ring (bicyclic) bond motifs is 2. The van der Waals surface area contributed by atoms with Crippen LogP contribution in [0.15, 0.2) is 48.5 Å². The normalized spacial score (nSPS) is 14.1. The van der Waals surface area contributed by atoms with Gasteiger partial charge in [-0.3, -0.25) is 9.89 Å². The Balaban J connectivity index is 1.33. The Bertz CT molecular complexity index is 1070. The maximum Gasteiger partial charge on any atom is 0.231 e. The molecule has 7 nitrogen and oxygen atoms in total. The summed E-state index contributed by atoms with van der Waals surface area (Å²) >= 11 is 0. The van der Waals surface area contributed by atoms with Crippen molar-refractivity contribution in [2.75, 3.05) is 13.6 Å². The molecule has 2 aromatic carbocycles. The first-order valence-electron chi connectivity index (χ1n) is 8.34. The minimum Gasteiger partial charge on any atom is -0.454 e. The molecule has 27 heavy (non-hydrogen) atoms. The molecule has 1 N–H and O–H groups in total. The molecular formula is C20H14N2O5.